The standard InChI is InChI=1S/C27H54O2P/c1-5-27(28)29-25-23-21-19-17-15-13-11-9-10-12-14-16-18-20-22-24-26-30(6-2,7-3)8-4/h5H,1,6-26H2,2-4H3/q+1. The van der Waals surface area contributed by atoms with Crippen molar-refractivity contribution in [3.05, 3.63) is 12.7 Å². The molecule has 0 saturated carbocycles. The first-order valence-corrected chi connectivity index (χ1v) is 15.8. The molecule has 0 radical (unpaired) electrons. The molecule has 0 aromatic rings. The van der Waals surface area contributed by atoms with Crippen LogP contribution in [0.25, 0.3) is 0 Å². The molecule has 0 aromatic carbocycles. The molecule has 0 spiro atoms. The number of esters is 1. The Morgan fingerprint density at radius 2 is 0.967 bits per heavy atom. The Morgan fingerprint density at radius 3 is 1.30 bits per heavy atom. The maximum Gasteiger partial charge on any atom is 0.330 e. The van der Waals surface area contributed by atoms with Crippen LogP contribution in [0.1, 0.15) is 124 Å². The van der Waals surface area contributed by atoms with Gasteiger partial charge in [-0.25, -0.2) is 4.79 Å². The number of carbonyl (C=O) groups is 1. The van der Waals surface area contributed by atoms with Crippen LogP contribution in [0.2, 0.25) is 0 Å². The largest absolute Gasteiger partial charge is 0.463 e. The average Bonchev–Trinajstić information content (AvgIpc) is 2.78. The summed E-state index contributed by atoms with van der Waals surface area (Å²) in [6, 6.07) is 0. The molecule has 0 bridgehead atoms. The highest BCUT2D eigenvalue weighted by Gasteiger charge is 2.29. The number of hydrogen-bond donors (Lipinski definition) is 0. The maximum absolute atomic E-state index is 10.9. The first-order chi connectivity index (χ1) is 14.6. The Kier molecular flexibility index (Phi) is 21.6. The average molecular weight is 442 g/mol. The van der Waals surface area contributed by atoms with Crippen molar-refractivity contribution in [1.29, 1.82) is 0 Å². The lowest BCUT2D eigenvalue weighted by molar-refractivity contribution is -0.137. The molecule has 0 rings (SSSR count). The predicted molar refractivity (Wildman–Crippen MR) is 138 cm³/mol. The summed E-state index contributed by atoms with van der Waals surface area (Å²) >= 11 is 0. The van der Waals surface area contributed by atoms with E-state index in [0.29, 0.717) is 6.61 Å². The molecule has 0 aromatic heterocycles. The van der Waals surface area contributed by atoms with Gasteiger partial charge >= 0.3 is 5.97 Å². The van der Waals surface area contributed by atoms with E-state index in [0.717, 1.165) is 6.42 Å². The molecule has 0 aliphatic carbocycles. The van der Waals surface area contributed by atoms with Crippen LogP contribution in [0.4, 0.5) is 0 Å². The quantitative estimate of drug-likeness (QED) is 0.0684. The monoisotopic (exact) mass is 441 g/mol. The van der Waals surface area contributed by atoms with E-state index in [1.54, 1.807) is 6.16 Å². The Hall–Kier alpha value is -0.360. The first-order valence-electron chi connectivity index (χ1n) is 13.3. The van der Waals surface area contributed by atoms with Gasteiger partial charge in [0.05, 0.1) is 31.3 Å². The molecule has 3 heteroatoms. The van der Waals surface area contributed by atoms with Crippen molar-refractivity contribution >= 4 is 13.2 Å². The Bertz CT molecular complexity index is 382. The van der Waals surface area contributed by atoms with Gasteiger partial charge in [-0.05, 0) is 40.0 Å². The lowest BCUT2D eigenvalue weighted by Gasteiger charge is -2.23. The molecule has 0 unspecified atom stereocenters. The van der Waals surface area contributed by atoms with Gasteiger partial charge in [0.1, 0.15) is 0 Å². The van der Waals surface area contributed by atoms with Gasteiger partial charge < -0.3 is 4.74 Å². The molecule has 0 heterocycles. The van der Waals surface area contributed by atoms with Crippen molar-refractivity contribution in [3.63, 3.8) is 0 Å². The number of carbonyl (C=O) groups excluding carboxylic acids is 1. The van der Waals surface area contributed by atoms with Crippen LogP contribution < -0.4 is 0 Å². The van der Waals surface area contributed by atoms with E-state index in [1.807, 2.05) is 0 Å². The highest BCUT2D eigenvalue weighted by molar-refractivity contribution is 7.75. The normalized spacial score (nSPS) is 11.6. The molecule has 0 aliphatic rings. The van der Waals surface area contributed by atoms with E-state index in [2.05, 4.69) is 27.4 Å². The van der Waals surface area contributed by atoms with Crippen molar-refractivity contribution < 1.29 is 9.53 Å². The molecule has 178 valence electrons. The number of unbranched alkanes of at least 4 members (excludes halogenated alkanes) is 15. The minimum atomic E-state index is -0.554. The van der Waals surface area contributed by atoms with Crippen LogP contribution in [-0.4, -0.2) is 37.2 Å². The summed E-state index contributed by atoms with van der Waals surface area (Å²) in [5.41, 5.74) is 0. The fourth-order valence-corrected chi connectivity index (χ4v) is 7.59. The van der Waals surface area contributed by atoms with Crippen LogP contribution in [0.15, 0.2) is 12.7 Å². The van der Waals surface area contributed by atoms with Crippen molar-refractivity contribution in [2.75, 3.05) is 31.3 Å². The van der Waals surface area contributed by atoms with E-state index in [1.165, 1.54) is 121 Å². The molecule has 0 aliphatic heterocycles. The fourth-order valence-electron chi connectivity index (χ4n) is 4.40. The molecule has 0 fully saturated rings. The predicted octanol–water partition coefficient (Wildman–Crippen LogP) is 9.03. The van der Waals surface area contributed by atoms with Crippen LogP contribution in [0, 0.1) is 0 Å². The van der Waals surface area contributed by atoms with Crippen LogP contribution in [0.5, 0.6) is 0 Å². The van der Waals surface area contributed by atoms with Gasteiger partial charge in [-0.2, -0.15) is 0 Å². The summed E-state index contributed by atoms with van der Waals surface area (Å²) in [4.78, 5) is 10.9. The third kappa shape index (κ3) is 17.3. The van der Waals surface area contributed by atoms with E-state index >= 15 is 0 Å². The van der Waals surface area contributed by atoms with Crippen LogP contribution in [-0.2, 0) is 9.53 Å². The molecule has 0 saturated heterocycles. The van der Waals surface area contributed by atoms with E-state index in [4.69, 9.17) is 4.74 Å². The smallest absolute Gasteiger partial charge is 0.330 e. The van der Waals surface area contributed by atoms with E-state index in [9.17, 15) is 4.79 Å². The lowest BCUT2D eigenvalue weighted by atomic mass is 10.0. The van der Waals surface area contributed by atoms with Gasteiger partial charge in [0.25, 0.3) is 0 Å². The molecular weight excluding hydrogens is 387 g/mol. The van der Waals surface area contributed by atoms with Crippen LogP contribution in [0.3, 0.4) is 0 Å². The third-order valence-corrected chi connectivity index (χ3v) is 12.2. The third-order valence-electron chi connectivity index (χ3n) is 6.95. The SMILES string of the molecule is C=CC(=O)OCCCCCCCCCCCCCCCCCC[P+](CC)(CC)CC. The molecule has 0 N–H and O–H groups in total. The number of rotatable bonds is 23. The minimum absolute atomic E-state index is 0.298. The maximum atomic E-state index is 10.9. The van der Waals surface area contributed by atoms with Gasteiger partial charge in [0.15, 0.2) is 0 Å². The van der Waals surface area contributed by atoms with Gasteiger partial charge in [-0.3, -0.25) is 0 Å². The molecule has 0 atom stereocenters. The highest BCUT2D eigenvalue weighted by atomic mass is 31.2. The summed E-state index contributed by atoms with van der Waals surface area (Å²) in [5, 5.41) is 0. The fraction of sp³-hybridized carbons (Fsp3) is 0.889. The zero-order valence-electron chi connectivity index (χ0n) is 20.9. The van der Waals surface area contributed by atoms with E-state index in [-0.39, 0.29) is 5.97 Å². The summed E-state index contributed by atoms with van der Waals surface area (Å²) in [7, 11) is -0.554. The van der Waals surface area contributed by atoms with Crippen molar-refractivity contribution in [2.45, 2.75) is 124 Å². The highest BCUT2D eigenvalue weighted by Crippen LogP contribution is 2.58. The second-order valence-corrected chi connectivity index (χ2v) is 14.1. The van der Waals surface area contributed by atoms with E-state index < -0.39 is 7.26 Å². The minimum Gasteiger partial charge on any atom is -0.463 e. The second kappa shape index (κ2) is 21.9. The molecule has 0 amide bonds. The van der Waals surface area contributed by atoms with Crippen molar-refractivity contribution in [2.24, 2.45) is 0 Å². The van der Waals surface area contributed by atoms with Gasteiger partial charge in [-0.15, -0.1) is 0 Å². The second-order valence-electron chi connectivity index (χ2n) is 9.04. The summed E-state index contributed by atoms with van der Waals surface area (Å²) in [5.74, 6) is -0.298. The lowest BCUT2D eigenvalue weighted by Crippen LogP contribution is -2.07. The number of hydrogen-bond acceptors (Lipinski definition) is 2. The van der Waals surface area contributed by atoms with Gasteiger partial charge in [0.2, 0.25) is 0 Å². The Balaban J connectivity index is 3.21. The topological polar surface area (TPSA) is 26.3 Å². The zero-order chi connectivity index (χ0) is 22.3. The van der Waals surface area contributed by atoms with Gasteiger partial charge in [0, 0.05) is 13.3 Å². The molecular formula is C27H54O2P+. The number of ether oxygens (including phenoxy) is 1. The van der Waals surface area contributed by atoms with Crippen molar-refractivity contribution in [3.8, 4) is 0 Å². The molecule has 30 heavy (non-hydrogen) atoms. The van der Waals surface area contributed by atoms with Crippen molar-refractivity contribution in [1.82, 2.24) is 0 Å². The summed E-state index contributed by atoms with van der Waals surface area (Å²) in [6.45, 7) is 11.2. The zero-order valence-corrected chi connectivity index (χ0v) is 21.8. The van der Waals surface area contributed by atoms with Crippen LogP contribution >= 0.6 is 7.26 Å². The molecule has 2 nitrogen and oxygen atoms in total. The summed E-state index contributed by atoms with van der Waals surface area (Å²) in [6.07, 6.45) is 29.2. The summed E-state index contributed by atoms with van der Waals surface area (Å²) < 4.78 is 4.98. The van der Waals surface area contributed by atoms with Gasteiger partial charge in [-0.1, -0.05) is 90.0 Å². The first kappa shape index (κ1) is 29.6. The Morgan fingerprint density at radius 1 is 0.633 bits per heavy atom. The Labute approximate surface area is 190 Å².